The van der Waals surface area contributed by atoms with Crippen molar-refractivity contribution in [3.05, 3.63) is 29.8 Å². The summed E-state index contributed by atoms with van der Waals surface area (Å²) < 4.78 is 10.2. The average molecular weight is 234 g/mol. The van der Waals surface area contributed by atoms with E-state index in [0.717, 1.165) is 5.69 Å². The molecule has 1 unspecified atom stereocenters. The van der Waals surface area contributed by atoms with Crippen LogP contribution in [0, 0.1) is 6.92 Å². The van der Waals surface area contributed by atoms with Gasteiger partial charge in [0.05, 0.1) is 0 Å². The topological polar surface area (TPSA) is 87.1 Å². The molecule has 2 rings (SSSR count). The lowest BCUT2D eigenvalue weighted by Crippen LogP contribution is -2.14. The van der Waals surface area contributed by atoms with Gasteiger partial charge in [-0.2, -0.15) is 4.98 Å². The van der Waals surface area contributed by atoms with Crippen LogP contribution in [0.25, 0.3) is 11.5 Å². The van der Waals surface area contributed by atoms with Crippen LogP contribution in [0.1, 0.15) is 17.7 Å². The van der Waals surface area contributed by atoms with Crippen LogP contribution in [0.5, 0.6) is 0 Å². The quantitative estimate of drug-likeness (QED) is 0.851. The number of aryl methyl sites for hydroxylation is 1. The number of nitrogens with zero attached hydrogens (tertiary/aromatic N) is 3. The van der Waals surface area contributed by atoms with Gasteiger partial charge in [-0.05, 0) is 19.1 Å². The van der Waals surface area contributed by atoms with E-state index in [1.807, 2.05) is 25.1 Å². The highest BCUT2D eigenvalue weighted by Gasteiger charge is 2.17. The largest absolute Gasteiger partial charge is 0.370 e. The normalized spacial score (nSPS) is 12.6. The monoisotopic (exact) mass is 234 g/mol. The number of pyridine rings is 1. The zero-order valence-electron chi connectivity index (χ0n) is 9.75. The molecule has 0 aliphatic carbocycles. The Morgan fingerprint density at radius 3 is 2.88 bits per heavy atom. The van der Waals surface area contributed by atoms with Crippen LogP contribution >= 0.6 is 0 Å². The summed E-state index contributed by atoms with van der Waals surface area (Å²) in [5, 5.41) is 3.86. The molecule has 0 aliphatic heterocycles. The Morgan fingerprint density at radius 1 is 1.41 bits per heavy atom. The van der Waals surface area contributed by atoms with E-state index in [1.165, 1.54) is 0 Å². The molecule has 90 valence electrons. The van der Waals surface area contributed by atoms with Crippen molar-refractivity contribution in [2.24, 2.45) is 5.73 Å². The highest BCUT2D eigenvalue weighted by atomic mass is 16.5. The van der Waals surface area contributed by atoms with Crippen LogP contribution in [0.3, 0.4) is 0 Å². The molecule has 0 saturated heterocycles. The molecular formula is C11H14N4O2. The predicted octanol–water partition coefficient (Wildman–Crippen LogP) is 1.09. The molecule has 0 fully saturated rings. The van der Waals surface area contributed by atoms with Gasteiger partial charge < -0.3 is 15.0 Å². The minimum atomic E-state index is -0.374. The Bertz CT molecular complexity index is 494. The summed E-state index contributed by atoms with van der Waals surface area (Å²) in [4.78, 5) is 8.53. The van der Waals surface area contributed by atoms with Crippen molar-refractivity contribution in [1.82, 2.24) is 15.1 Å². The second kappa shape index (κ2) is 5.03. The van der Waals surface area contributed by atoms with E-state index >= 15 is 0 Å². The van der Waals surface area contributed by atoms with Crippen molar-refractivity contribution in [1.29, 1.82) is 0 Å². The van der Waals surface area contributed by atoms with E-state index in [-0.39, 0.29) is 6.10 Å². The number of hydrogen-bond acceptors (Lipinski definition) is 6. The van der Waals surface area contributed by atoms with Crippen LogP contribution < -0.4 is 5.73 Å². The number of rotatable bonds is 4. The molecule has 0 saturated carbocycles. The van der Waals surface area contributed by atoms with E-state index in [0.29, 0.717) is 24.0 Å². The Morgan fingerprint density at radius 2 is 2.24 bits per heavy atom. The summed E-state index contributed by atoms with van der Waals surface area (Å²) >= 11 is 0. The van der Waals surface area contributed by atoms with E-state index < -0.39 is 0 Å². The van der Waals surface area contributed by atoms with Gasteiger partial charge in [-0.3, -0.25) is 0 Å². The maximum atomic E-state index is 5.52. The maximum Gasteiger partial charge on any atom is 0.257 e. The SMILES string of the molecule is COC(CN)c1nc(-c2cccc(C)n2)no1. The first-order chi connectivity index (χ1) is 8.24. The first kappa shape index (κ1) is 11.7. The standard InChI is InChI=1S/C11H14N4O2/c1-7-4-3-5-8(13-7)10-14-11(17-15-10)9(6-12)16-2/h3-5,9H,6,12H2,1-2H3. The van der Waals surface area contributed by atoms with Gasteiger partial charge in [0, 0.05) is 19.3 Å². The van der Waals surface area contributed by atoms with Gasteiger partial charge in [0.25, 0.3) is 5.89 Å². The Labute approximate surface area is 98.8 Å². The summed E-state index contributed by atoms with van der Waals surface area (Å²) in [6.07, 6.45) is -0.374. The maximum absolute atomic E-state index is 5.52. The van der Waals surface area contributed by atoms with Crippen molar-refractivity contribution in [2.45, 2.75) is 13.0 Å². The first-order valence-electron chi connectivity index (χ1n) is 5.25. The third-order valence-electron chi connectivity index (χ3n) is 2.33. The van der Waals surface area contributed by atoms with Gasteiger partial charge in [-0.25, -0.2) is 4.98 Å². The number of methoxy groups -OCH3 is 1. The lowest BCUT2D eigenvalue weighted by molar-refractivity contribution is 0.0804. The molecule has 0 spiro atoms. The molecular weight excluding hydrogens is 220 g/mol. The highest BCUT2D eigenvalue weighted by molar-refractivity contribution is 5.48. The average Bonchev–Trinajstić information content (AvgIpc) is 2.80. The third kappa shape index (κ3) is 2.48. The second-order valence-corrected chi connectivity index (χ2v) is 3.58. The molecule has 0 aliphatic rings. The van der Waals surface area contributed by atoms with Crippen molar-refractivity contribution in [2.75, 3.05) is 13.7 Å². The van der Waals surface area contributed by atoms with Crippen LogP contribution in [-0.2, 0) is 4.74 Å². The molecule has 2 aromatic heterocycles. The van der Waals surface area contributed by atoms with Crippen molar-refractivity contribution in [3.8, 4) is 11.5 Å². The molecule has 0 amide bonds. The summed E-state index contributed by atoms with van der Waals surface area (Å²) in [7, 11) is 1.55. The number of nitrogens with two attached hydrogens (primary N) is 1. The Hall–Kier alpha value is -1.79. The summed E-state index contributed by atoms with van der Waals surface area (Å²) in [5.74, 6) is 0.813. The number of aromatic nitrogens is 3. The summed E-state index contributed by atoms with van der Waals surface area (Å²) in [6.45, 7) is 2.20. The molecule has 6 nitrogen and oxygen atoms in total. The Kier molecular flexibility index (Phi) is 3.46. The number of hydrogen-bond donors (Lipinski definition) is 1. The van der Waals surface area contributed by atoms with Crippen LogP contribution in [0.2, 0.25) is 0 Å². The lowest BCUT2D eigenvalue weighted by atomic mass is 10.3. The van der Waals surface area contributed by atoms with E-state index in [2.05, 4.69) is 15.1 Å². The first-order valence-corrected chi connectivity index (χ1v) is 5.25. The minimum Gasteiger partial charge on any atom is -0.370 e. The van der Waals surface area contributed by atoms with Crippen LogP contribution in [0.15, 0.2) is 22.7 Å². The van der Waals surface area contributed by atoms with Gasteiger partial charge in [0.1, 0.15) is 11.8 Å². The fourth-order valence-electron chi connectivity index (χ4n) is 1.44. The summed E-state index contributed by atoms with van der Waals surface area (Å²) in [6, 6.07) is 5.62. The molecule has 2 aromatic rings. The highest BCUT2D eigenvalue weighted by Crippen LogP contribution is 2.18. The molecule has 0 radical (unpaired) electrons. The van der Waals surface area contributed by atoms with E-state index in [4.69, 9.17) is 15.0 Å². The lowest BCUT2D eigenvalue weighted by Gasteiger charge is -2.05. The van der Waals surface area contributed by atoms with Crippen molar-refractivity contribution < 1.29 is 9.26 Å². The molecule has 17 heavy (non-hydrogen) atoms. The molecule has 0 aromatic carbocycles. The van der Waals surface area contributed by atoms with Crippen molar-refractivity contribution >= 4 is 0 Å². The third-order valence-corrected chi connectivity index (χ3v) is 2.33. The van der Waals surface area contributed by atoms with Gasteiger partial charge in [-0.15, -0.1) is 0 Å². The van der Waals surface area contributed by atoms with Gasteiger partial charge in [-0.1, -0.05) is 11.2 Å². The Balaban J connectivity index is 2.29. The smallest absolute Gasteiger partial charge is 0.257 e. The fraction of sp³-hybridized carbons (Fsp3) is 0.364. The van der Waals surface area contributed by atoms with Crippen LogP contribution in [-0.4, -0.2) is 28.8 Å². The minimum absolute atomic E-state index is 0.291. The summed E-state index contributed by atoms with van der Waals surface area (Å²) in [5.41, 5.74) is 7.09. The molecule has 0 bridgehead atoms. The van der Waals surface area contributed by atoms with Gasteiger partial charge in [0.2, 0.25) is 5.82 Å². The predicted molar refractivity (Wildman–Crippen MR) is 61.1 cm³/mol. The van der Waals surface area contributed by atoms with E-state index in [1.54, 1.807) is 7.11 Å². The van der Waals surface area contributed by atoms with Crippen molar-refractivity contribution in [3.63, 3.8) is 0 Å². The molecule has 1 atom stereocenters. The fourth-order valence-corrected chi connectivity index (χ4v) is 1.44. The molecule has 2 N–H and O–H groups in total. The van der Waals surface area contributed by atoms with Gasteiger partial charge in [0.15, 0.2) is 0 Å². The van der Waals surface area contributed by atoms with Gasteiger partial charge >= 0.3 is 0 Å². The zero-order chi connectivity index (χ0) is 12.3. The second-order valence-electron chi connectivity index (χ2n) is 3.58. The zero-order valence-corrected chi connectivity index (χ0v) is 9.75. The molecule has 6 heteroatoms. The van der Waals surface area contributed by atoms with Crippen LogP contribution in [0.4, 0.5) is 0 Å². The number of ether oxygens (including phenoxy) is 1. The van der Waals surface area contributed by atoms with E-state index in [9.17, 15) is 0 Å². The molecule has 2 heterocycles.